The van der Waals surface area contributed by atoms with Crippen LogP contribution in [0.1, 0.15) is 44.4 Å². The van der Waals surface area contributed by atoms with Gasteiger partial charge in [0.25, 0.3) is 0 Å². The quantitative estimate of drug-likeness (QED) is 0.660. The number of hydrogen-bond acceptors (Lipinski definition) is 4. The van der Waals surface area contributed by atoms with Gasteiger partial charge in [-0.1, -0.05) is 24.3 Å². The zero-order chi connectivity index (χ0) is 23.5. The molecule has 3 aliphatic rings. The van der Waals surface area contributed by atoms with Crippen molar-refractivity contribution < 1.29 is 9.53 Å². The van der Waals surface area contributed by atoms with Gasteiger partial charge in [-0.15, -0.1) is 0 Å². The predicted molar refractivity (Wildman–Crippen MR) is 137 cm³/mol. The number of rotatable bonds is 5. The lowest BCUT2D eigenvalue weighted by Crippen LogP contribution is -2.44. The van der Waals surface area contributed by atoms with Gasteiger partial charge in [0.1, 0.15) is 0 Å². The minimum Gasteiger partial charge on any atom is -0.382 e. The highest BCUT2D eigenvalue weighted by molar-refractivity contribution is 5.86. The third-order valence-corrected chi connectivity index (χ3v) is 6.82. The van der Waals surface area contributed by atoms with E-state index >= 15 is 0 Å². The van der Waals surface area contributed by atoms with E-state index in [1.807, 2.05) is 24.9 Å². The summed E-state index contributed by atoms with van der Waals surface area (Å²) in [6.45, 7) is 7.05. The van der Waals surface area contributed by atoms with Crippen LogP contribution in [0.4, 0.5) is 10.5 Å². The molecule has 2 aromatic rings. The van der Waals surface area contributed by atoms with Crippen LogP contribution in [0.2, 0.25) is 0 Å². The van der Waals surface area contributed by atoms with Gasteiger partial charge in [0, 0.05) is 67.8 Å². The minimum atomic E-state index is 0.0183. The summed E-state index contributed by atoms with van der Waals surface area (Å²) in [5, 5.41) is 6.62. The Morgan fingerprint density at radius 3 is 2.62 bits per heavy atom. The number of aromatic nitrogens is 1. The third kappa shape index (κ3) is 5.02. The van der Waals surface area contributed by atoms with Crippen LogP contribution in [0.5, 0.6) is 0 Å². The fourth-order valence-corrected chi connectivity index (χ4v) is 4.93. The van der Waals surface area contributed by atoms with Gasteiger partial charge in [-0.3, -0.25) is 4.98 Å². The molecule has 2 N–H and O–H groups in total. The fourth-order valence-electron chi connectivity index (χ4n) is 4.93. The Bertz CT molecular complexity index is 1100. The number of pyridine rings is 1. The van der Waals surface area contributed by atoms with Crippen LogP contribution in [0.3, 0.4) is 0 Å². The SMILES string of the molecule is CC(C)NC(=O)N1CC=C(C2=CCc3ncc(-c4ccc(NC5CCOCC5)cc4)cc32)CC1. The highest BCUT2D eigenvalue weighted by Gasteiger charge is 2.24. The molecular weight excluding hydrogens is 424 g/mol. The van der Waals surface area contributed by atoms with Crippen LogP contribution < -0.4 is 10.6 Å². The summed E-state index contributed by atoms with van der Waals surface area (Å²) >= 11 is 0. The summed E-state index contributed by atoms with van der Waals surface area (Å²) in [7, 11) is 0. The number of allylic oxidation sites excluding steroid dienone is 2. The molecule has 0 atom stereocenters. The fraction of sp³-hybridized carbons (Fsp3) is 0.429. The first-order valence-corrected chi connectivity index (χ1v) is 12.5. The van der Waals surface area contributed by atoms with Crippen LogP contribution in [0.25, 0.3) is 16.7 Å². The van der Waals surface area contributed by atoms with E-state index in [-0.39, 0.29) is 12.1 Å². The molecule has 34 heavy (non-hydrogen) atoms. The van der Waals surface area contributed by atoms with E-state index < -0.39 is 0 Å². The largest absolute Gasteiger partial charge is 0.382 e. The molecule has 6 nitrogen and oxygen atoms in total. The van der Waals surface area contributed by atoms with E-state index in [1.165, 1.54) is 22.3 Å². The molecule has 2 aliphatic heterocycles. The lowest BCUT2D eigenvalue weighted by molar-refractivity contribution is 0.0904. The number of carbonyl (C=O) groups is 1. The van der Waals surface area contributed by atoms with Gasteiger partial charge in [0.2, 0.25) is 0 Å². The van der Waals surface area contributed by atoms with Gasteiger partial charge in [-0.2, -0.15) is 0 Å². The highest BCUT2D eigenvalue weighted by atomic mass is 16.5. The maximum atomic E-state index is 12.3. The molecule has 0 unspecified atom stereocenters. The maximum absolute atomic E-state index is 12.3. The molecule has 1 aliphatic carbocycles. The van der Waals surface area contributed by atoms with E-state index in [2.05, 4.69) is 53.1 Å². The number of amides is 2. The van der Waals surface area contributed by atoms with Crippen molar-refractivity contribution >= 4 is 17.3 Å². The highest BCUT2D eigenvalue weighted by Crippen LogP contribution is 2.36. The van der Waals surface area contributed by atoms with Crippen LogP contribution in [0.15, 0.2) is 54.3 Å². The maximum Gasteiger partial charge on any atom is 0.317 e. The van der Waals surface area contributed by atoms with Crippen molar-refractivity contribution in [1.29, 1.82) is 0 Å². The lowest BCUT2D eigenvalue weighted by atomic mass is 9.94. The van der Waals surface area contributed by atoms with Gasteiger partial charge < -0.3 is 20.3 Å². The summed E-state index contributed by atoms with van der Waals surface area (Å²) < 4.78 is 5.46. The molecule has 1 aromatic carbocycles. The second kappa shape index (κ2) is 10.0. The molecule has 0 radical (unpaired) electrons. The Labute approximate surface area is 202 Å². The van der Waals surface area contributed by atoms with E-state index in [0.29, 0.717) is 12.6 Å². The number of benzene rings is 1. The number of fused-ring (bicyclic) bond motifs is 1. The molecule has 0 saturated carbocycles. The molecule has 0 spiro atoms. The number of hydrogen-bond donors (Lipinski definition) is 2. The molecule has 3 heterocycles. The number of ether oxygens (including phenoxy) is 1. The zero-order valence-corrected chi connectivity index (χ0v) is 20.1. The van der Waals surface area contributed by atoms with Crippen molar-refractivity contribution in [3.63, 3.8) is 0 Å². The van der Waals surface area contributed by atoms with E-state index in [0.717, 1.165) is 62.4 Å². The van der Waals surface area contributed by atoms with Gasteiger partial charge in [0.15, 0.2) is 0 Å². The molecule has 2 amide bonds. The van der Waals surface area contributed by atoms with Crippen molar-refractivity contribution in [1.82, 2.24) is 15.2 Å². The van der Waals surface area contributed by atoms with Crippen LogP contribution in [0, 0.1) is 0 Å². The molecule has 6 heteroatoms. The summed E-state index contributed by atoms with van der Waals surface area (Å²) in [5.41, 5.74) is 8.44. The minimum absolute atomic E-state index is 0.0183. The molecule has 0 bridgehead atoms. The summed E-state index contributed by atoms with van der Waals surface area (Å²) in [6.07, 6.45) is 10.3. The molecular formula is C28H34N4O2. The third-order valence-electron chi connectivity index (χ3n) is 6.82. The summed E-state index contributed by atoms with van der Waals surface area (Å²) in [5.74, 6) is 0. The van der Waals surface area contributed by atoms with Gasteiger partial charge in [-0.05, 0) is 68.0 Å². The van der Waals surface area contributed by atoms with Crippen molar-refractivity contribution in [2.45, 2.75) is 51.6 Å². The monoisotopic (exact) mass is 458 g/mol. The second-order valence-electron chi connectivity index (χ2n) is 9.68. The number of nitrogens with one attached hydrogen (secondary N) is 2. The Hall–Kier alpha value is -3.12. The van der Waals surface area contributed by atoms with Crippen molar-refractivity contribution in [2.24, 2.45) is 0 Å². The summed E-state index contributed by atoms with van der Waals surface area (Å²) in [4.78, 5) is 19.0. The normalized spacial score (nSPS) is 18.4. The topological polar surface area (TPSA) is 66.5 Å². The van der Waals surface area contributed by atoms with E-state index in [9.17, 15) is 4.79 Å². The van der Waals surface area contributed by atoms with E-state index in [1.54, 1.807) is 0 Å². The van der Waals surface area contributed by atoms with Gasteiger partial charge >= 0.3 is 6.03 Å². The first-order valence-electron chi connectivity index (χ1n) is 12.5. The Morgan fingerprint density at radius 2 is 1.91 bits per heavy atom. The molecule has 178 valence electrons. The number of anilines is 1. The van der Waals surface area contributed by atoms with Crippen LogP contribution in [-0.2, 0) is 11.2 Å². The number of carbonyl (C=O) groups excluding carboxylic acids is 1. The molecule has 1 aromatic heterocycles. The summed E-state index contributed by atoms with van der Waals surface area (Å²) in [6, 6.07) is 11.6. The first-order chi connectivity index (χ1) is 16.6. The average molecular weight is 459 g/mol. The Morgan fingerprint density at radius 1 is 1.12 bits per heavy atom. The molecule has 1 fully saturated rings. The van der Waals surface area contributed by atoms with Crippen molar-refractivity contribution in [3.8, 4) is 11.1 Å². The van der Waals surface area contributed by atoms with E-state index in [4.69, 9.17) is 9.72 Å². The van der Waals surface area contributed by atoms with Crippen molar-refractivity contribution in [3.05, 3.63) is 65.5 Å². The number of nitrogens with zero attached hydrogens (tertiary/aromatic N) is 2. The zero-order valence-electron chi connectivity index (χ0n) is 20.1. The smallest absolute Gasteiger partial charge is 0.317 e. The second-order valence-corrected chi connectivity index (χ2v) is 9.68. The van der Waals surface area contributed by atoms with Gasteiger partial charge in [-0.25, -0.2) is 4.79 Å². The predicted octanol–water partition coefficient (Wildman–Crippen LogP) is 5.03. The average Bonchev–Trinajstić information content (AvgIpc) is 3.28. The van der Waals surface area contributed by atoms with Crippen molar-refractivity contribution in [2.75, 3.05) is 31.6 Å². The lowest BCUT2D eigenvalue weighted by Gasteiger charge is -2.28. The Kier molecular flexibility index (Phi) is 6.68. The first kappa shape index (κ1) is 22.7. The van der Waals surface area contributed by atoms with Crippen LogP contribution >= 0.6 is 0 Å². The van der Waals surface area contributed by atoms with Gasteiger partial charge in [0.05, 0.1) is 5.69 Å². The molecule has 1 saturated heterocycles. The number of urea groups is 1. The van der Waals surface area contributed by atoms with Crippen LogP contribution in [-0.4, -0.2) is 54.3 Å². The standard InChI is InChI=1S/C28H34N4O2/c1-19(2)30-28(33)32-13-9-21(10-14-32)25-7-8-27-26(25)17-22(18-29-27)20-3-5-23(6-4-20)31-24-11-15-34-16-12-24/h3-7,9,17-19,24,31H,8,10-16H2,1-2H3,(H,30,33). The molecule has 5 rings (SSSR count). The Balaban J connectivity index is 1.28.